The van der Waals surface area contributed by atoms with Crippen LogP contribution in [0.2, 0.25) is 11.5 Å². The third kappa shape index (κ3) is 5.10. The quantitative estimate of drug-likeness (QED) is 0.574. The van der Waals surface area contributed by atoms with Crippen LogP contribution in [0.25, 0.3) is 0 Å². The monoisotopic (exact) mass is 370 g/mol. The molecule has 0 bridgehead atoms. The normalized spacial score (nSPS) is 24.5. The second kappa shape index (κ2) is 8.01. The van der Waals surface area contributed by atoms with Crippen molar-refractivity contribution in [2.75, 3.05) is 0 Å². The molecule has 0 aromatic rings. The van der Waals surface area contributed by atoms with E-state index in [-0.39, 0.29) is 30.5 Å². The lowest BCUT2D eigenvalue weighted by atomic mass is 9.90. The maximum Gasteiger partial charge on any atom is 0.459 e. The van der Waals surface area contributed by atoms with Crippen molar-refractivity contribution in [3.05, 3.63) is 0 Å². The Balaban J connectivity index is 2.26. The smallest absolute Gasteiger partial charge is 0.403 e. The molecular weight excluding hydrogens is 331 g/mol. The maximum absolute atomic E-state index is 6.64. The third-order valence-corrected chi connectivity index (χ3v) is 10.3. The summed E-state index contributed by atoms with van der Waals surface area (Å²) in [7, 11) is -2.70. The van der Waals surface area contributed by atoms with Gasteiger partial charge in [-0.2, -0.15) is 0 Å². The van der Waals surface area contributed by atoms with E-state index in [1.807, 2.05) is 0 Å². The Bertz CT molecular complexity index is 407. The van der Waals surface area contributed by atoms with Crippen molar-refractivity contribution in [1.29, 1.82) is 0 Å². The predicted molar refractivity (Wildman–Crippen MR) is 106 cm³/mol. The molecule has 0 amide bonds. The van der Waals surface area contributed by atoms with Gasteiger partial charge in [-0.15, -0.1) is 0 Å². The van der Waals surface area contributed by atoms with Crippen LogP contribution in [0.5, 0.6) is 0 Å². The van der Waals surface area contributed by atoms with E-state index in [0.29, 0.717) is 5.54 Å². The molecule has 4 nitrogen and oxygen atoms in total. The lowest BCUT2D eigenvalue weighted by molar-refractivity contribution is 0.00578. The van der Waals surface area contributed by atoms with Crippen LogP contribution in [0.1, 0.15) is 87.5 Å². The second-order valence-corrected chi connectivity index (χ2v) is 12.7. The predicted octanol–water partition coefficient (Wildman–Crippen LogP) is 5.24. The van der Waals surface area contributed by atoms with Gasteiger partial charge in [-0.25, -0.2) is 0 Å². The minimum atomic E-state index is -2.46. The fourth-order valence-corrected chi connectivity index (χ4v) is 8.59. The summed E-state index contributed by atoms with van der Waals surface area (Å²) in [6.45, 7) is 17.0. The molecule has 0 aromatic heterocycles. The molecule has 0 radical (unpaired) electrons. The van der Waals surface area contributed by atoms with Gasteiger partial charge in [-0.1, -0.05) is 19.3 Å². The first-order chi connectivity index (χ1) is 11.5. The maximum atomic E-state index is 6.64. The summed E-state index contributed by atoms with van der Waals surface area (Å²) in [6.07, 6.45) is 6.65. The first-order valence-electron chi connectivity index (χ1n) is 10.2. The minimum Gasteiger partial charge on any atom is -0.403 e. The molecule has 0 spiro atoms. The molecule has 0 N–H and O–H groups in total. The molecule has 1 aliphatic carbocycles. The van der Waals surface area contributed by atoms with Crippen molar-refractivity contribution >= 4 is 15.7 Å². The van der Waals surface area contributed by atoms with Crippen molar-refractivity contribution < 1.29 is 18.2 Å². The Morgan fingerprint density at radius 2 is 1.32 bits per heavy atom. The molecule has 0 atom stereocenters. The van der Waals surface area contributed by atoms with Gasteiger partial charge in [0.15, 0.2) is 0 Å². The van der Waals surface area contributed by atoms with Gasteiger partial charge in [0.1, 0.15) is 0 Å². The SMILES string of the molecule is CC(C)O[Si](CB1OC(C)(C)C(C)(C)O1)(OC(C)C)C1CCCCC1. The fourth-order valence-electron chi connectivity index (χ4n) is 4.10. The van der Waals surface area contributed by atoms with E-state index in [0.717, 1.165) is 5.94 Å². The molecule has 2 fully saturated rings. The number of hydrogen-bond acceptors (Lipinski definition) is 4. The largest absolute Gasteiger partial charge is 0.459 e. The summed E-state index contributed by atoms with van der Waals surface area (Å²) in [5.74, 6) is 0.765. The summed E-state index contributed by atoms with van der Waals surface area (Å²) in [5, 5.41) is 0. The van der Waals surface area contributed by atoms with E-state index in [1.54, 1.807) is 0 Å². The molecule has 1 aliphatic heterocycles. The molecule has 1 heterocycles. The van der Waals surface area contributed by atoms with Crippen LogP contribution >= 0.6 is 0 Å². The topological polar surface area (TPSA) is 36.9 Å². The van der Waals surface area contributed by atoms with Crippen molar-refractivity contribution in [2.24, 2.45) is 0 Å². The minimum absolute atomic E-state index is 0.162. The van der Waals surface area contributed by atoms with Crippen LogP contribution in [-0.2, 0) is 18.2 Å². The zero-order chi connectivity index (χ0) is 18.9. The van der Waals surface area contributed by atoms with Crippen LogP contribution < -0.4 is 0 Å². The van der Waals surface area contributed by atoms with E-state index >= 15 is 0 Å². The zero-order valence-corrected chi connectivity index (χ0v) is 18.7. The van der Waals surface area contributed by atoms with Crippen LogP contribution in [-0.4, -0.2) is 39.1 Å². The molecule has 0 aromatic carbocycles. The summed E-state index contributed by atoms with van der Waals surface area (Å²) < 4.78 is 25.9. The van der Waals surface area contributed by atoms with Gasteiger partial charge in [-0.05, 0) is 68.2 Å². The van der Waals surface area contributed by atoms with Gasteiger partial charge < -0.3 is 18.2 Å². The van der Waals surface area contributed by atoms with Crippen LogP contribution in [0, 0.1) is 0 Å². The van der Waals surface area contributed by atoms with Gasteiger partial charge in [0.25, 0.3) is 0 Å². The first kappa shape index (κ1) is 21.4. The van der Waals surface area contributed by atoms with E-state index in [9.17, 15) is 0 Å². The Hall–Kier alpha value is 0.122. The summed E-state index contributed by atoms with van der Waals surface area (Å²) in [4.78, 5) is 0. The summed E-state index contributed by atoms with van der Waals surface area (Å²) >= 11 is 0. The summed E-state index contributed by atoms with van der Waals surface area (Å²) in [6, 6.07) is 0. The van der Waals surface area contributed by atoms with Gasteiger partial charge in [-0.3, -0.25) is 0 Å². The zero-order valence-electron chi connectivity index (χ0n) is 17.7. The Labute approximate surface area is 156 Å². The molecule has 2 rings (SSSR count). The highest BCUT2D eigenvalue weighted by atomic mass is 28.4. The van der Waals surface area contributed by atoms with Gasteiger partial charge in [0, 0.05) is 23.7 Å². The van der Waals surface area contributed by atoms with E-state index in [1.165, 1.54) is 32.1 Å². The average Bonchev–Trinajstić information content (AvgIpc) is 2.65. The molecule has 1 saturated carbocycles. The van der Waals surface area contributed by atoms with Gasteiger partial charge in [0.05, 0.1) is 11.2 Å². The van der Waals surface area contributed by atoms with Crippen molar-refractivity contribution in [2.45, 2.75) is 122 Å². The van der Waals surface area contributed by atoms with Crippen LogP contribution in [0.15, 0.2) is 0 Å². The number of hydrogen-bond donors (Lipinski definition) is 0. The van der Waals surface area contributed by atoms with Crippen molar-refractivity contribution in [3.63, 3.8) is 0 Å². The van der Waals surface area contributed by atoms with Crippen molar-refractivity contribution in [3.8, 4) is 0 Å². The van der Waals surface area contributed by atoms with Crippen LogP contribution in [0.3, 0.4) is 0 Å². The highest BCUT2D eigenvalue weighted by Gasteiger charge is 2.58. The van der Waals surface area contributed by atoms with E-state index < -0.39 is 8.56 Å². The molecule has 6 heteroatoms. The molecule has 0 unspecified atom stereocenters. The van der Waals surface area contributed by atoms with Gasteiger partial charge >= 0.3 is 15.7 Å². The summed E-state index contributed by atoms with van der Waals surface area (Å²) in [5.41, 5.74) is -0.0786. The number of rotatable bonds is 7. The Morgan fingerprint density at radius 3 is 1.72 bits per heavy atom. The van der Waals surface area contributed by atoms with Gasteiger partial charge in [0.2, 0.25) is 0 Å². The molecule has 2 aliphatic rings. The standard InChI is InChI=1S/C19H39BO4Si/c1-15(2)21-25(22-16(3)4,17-12-10-9-11-13-17)14-20-23-18(5,6)19(7,8)24-20/h15-17H,9-14H2,1-8H3. The fraction of sp³-hybridized carbons (Fsp3) is 1.00. The first-order valence-corrected chi connectivity index (χ1v) is 12.3. The second-order valence-electron chi connectivity index (χ2n) is 9.37. The molecule has 1 saturated heterocycles. The Kier molecular flexibility index (Phi) is 6.86. The molecule has 25 heavy (non-hydrogen) atoms. The lowest BCUT2D eigenvalue weighted by Crippen LogP contribution is -2.54. The third-order valence-electron chi connectivity index (χ3n) is 5.85. The highest BCUT2D eigenvalue weighted by Crippen LogP contribution is 2.45. The Morgan fingerprint density at radius 1 is 0.880 bits per heavy atom. The average molecular weight is 370 g/mol. The lowest BCUT2D eigenvalue weighted by Gasteiger charge is -2.42. The van der Waals surface area contributed by atoms with E-state index in [2.05, 4.69) is 55.4 Å². The molecule has 146 valence electrons. The van der Waals surface area contributed by atoms with Crippen LogP contribution in [0.4, 0.5) is 0 Å². The highest BCUT2D eigenvalue weighted by molar-refractivity contribution is 6.79. The molecular formula is C19H39BO4Si. The van der Waals surface area contributed by atoms with Crippen molar-refractivity contribution in [1.82, 2.24) is 0 Å². The van der Waals surface area contributed by atoms with E-state index in [4.69, 9.17) is 18.2 Å².